The molecule has 0 aliphatic carbocycles. The van der Waals surface area contributed by atoms with Crippen LogP contribution in [0.25, 0.3) is 0 Å². The molecule has 4 heteroatoms. The lowest BCUT2D eigenvalue weighted by Gasteiger charge is -2.15. The minimum atomic E-state index is 0.240. The van der Waals surface area contributed by atoms with Gasteiger partial charge in [0.2, 0.25) is 0 Å². The second-order valence-corrected chi connectivity index (χ2v) is 4.50. The van der Waals surface area contributed by atoms with Crippen LogP contribution in [-0.4, -0.2) is 6.04 Å². The number of halogens is 1. The maximum absolute atomic E-state index is 5.87. The van der Waals surface area contributed by atoms with Crippen LogP contribution in [0.4, 0.5) is 11.4 Å². The smallest absolute Gasteiger partial charge is 0.105 e. The van der Waals surface area contributed by atoms with E-state index in [0.717, 1.165) is 17.9 Å². The van der Waals surface area contributed by atoms with Crippen LogP contribution in [0.2, 0.25) is 5.02 Å². The SMILES string of the molecule is CC(Cc1ccco1)Nc1ccc(Cl)cc1N. The summed E-state index contributed by atoms with van der Waals surface area (Å²) in [6, 6.07) is 9.53. The van der Waals surface area contributed by atoms with Crippen molar-refractivity contribution in [1.29, 1.82) is 0 Å². The van der Waals surface area contributed by atoms with Gasteiger partial charge >= 0.3 is 0 Å². The highest BCUT2D eigenvalue weighted by Gasteiger charge is 2.07. The van der Waals surface area contributed by atoms with Gasteiger partial charge in [0.15, 0.2) is 0 Å². The molecule has 0 amide bonds. The van der Waals surface area contributed by atoms with Gasteiger partial charge in [-0.3, -0.25) is 0 Å². The summed E-state index contributed by atoms with van der Waals surface area (Å²) < 4.78 is 5.30. The normalized spacial score (nSPS) is 12.4. The molecule has 17 heavy (non-hydrogen) atoms. The summed E-state index contributed by atoms with van der Waals surface area (Å²) in [6.07, 6.45) is 2.49. The van der Waals surface area contributed by atoms with Crippen LogP contribution in [0.5, 0.6) is 0 Å². The van der Waals surface area contributed by atoms with Gasteiger partial charge in [-0.05, 0) is 37.3 Å². The number of furan rings is 1. The van der Waals surface area contributed by atoms with Gasteiger partial charge in [-0.25, -0.2) is 0 Å². The Hall–Kier alpha value is -1.61. The van der Waals surface area contributed by atoms with Crippen molar-refractivity contribution >= 4 is 23.0 Å². The number of hydrogen-bond donors (Lipinski definition) is 2. The van der Waals surface area contributed by atoms with Gasteiger partial charge in [-0.15, -0.1) is 0 Å². The molecule has 2 aromatic rings. The fourth-order valence-electron chi connectivity index (χ4n) is 1.71. The largest absolute Gasteiger partial charge is 0.469 e. The predicted molar refractivity (Wildman–Crippen MR) is 71.4 cm³/mol. The Morgan fingerprint density at radius 2 is 2.24 bits per heavy atom. The summed E-state index contributed by atoms with van der Waals surface area (Å²) >= 11 is 5.85. The predicted octanol–water partition coefficient (Wildman–Crippen LogP) is 3.56. The Kier molecular flexibility index (Phi) is 3.59. The van der Waals surface area contributed by atoms with Crippen molar-refractivity contribution < 1.29 is 4.42 Å². The number of anilines is 2. The molecular weight excluding hydrogens is 236 g/mol. The number of nitrogens with two attached hydrogens (primary N) is 1. The molecule has 1 heterocycles. The third kappa shape index (κ3) is 3.17. The van der Waals surface area contributed by atoms with E-state index >= 15 is 0 Å². The van der Waals surface area contributed by atoms with Crippen LogP contribution in [0.15, 0.2) is 41.0 Å². The molecule has 2 rings (SSSR count). The number of rotatable bonds is 4. The van der Waals surface area contributed by atoms with E-state index in [9.17, 15) is 0 Å². The average Bonchev–Trinajstić information content (AvgIpc) is 2.75. The highest BCUT2D eigenvalue weighted by Crippen LogP contribution is 2.23. The second-order valence-electron chi connectivity index (χ2n) is 4.06. The van der Waals surface area contributed by atoms with Gasteiger partial charge in [0, 0.05) is 17.5 Å². The third-order valence-corrected chi connectivity index (χ3v) is 2.74. The topological polar surface area (TPSA) is 51.2 Å². The molecule has 3 N–H and O–H groups in total. The van der Waals surface area contributed by atoms with Crippen LogP contribution in [0, 0.1) is 0 Å². The van der Waals surface area contributed by atoms with Crippen LogP contribution < -0.4 is 11.1 Å². The van der Waals surface area contributed by atoms with E-state index in [2.05, 4.69) is 12.2 Å². The van der Waals surface area contributed by atoms with Gasteiger partial charge in [-0.1, -0.05) is 11.6 Å². The highest BCUT2D eigenvalue weighted by molar-refractivity contribution is 6.31. The van der Waals surface area contributed by atoms with Crippen molar-refractivity contribution in [3.8, 4) is 0 Å². The lowest BCUT2D eigenvalue weighted by molar-refractivity contribution is 0.498. The summed E-state index contributed by atoms with van der Waals surface area (Å²) in [4.78, 5) is 0. The first kappa shape index (κ1) is 11.9. The van der Waals surface area contributed by atoms with Crippen molar-refractivity contribution in [2.24, 2.45) is 0 Å². The Balaban J connectivity index is 2.00. The van der Waals surface area contributed by atoms with Crippen LogP contribution in [0.1, 0.15) is 12.7 Å². The van der Waals surface area contributed by atoms with Crippen LogP contribution >= 0.6 is 11.6 Å². The molecule has 0 saturated heterocycles. The fourth-order valence-corrected chi connectivity index (χ4v) is 1.89. The summed E-state index contributed by atoms with van der Waals surface area (Å²) in [5, 5.41) is 3.98. The second kappa shape index (κ2) is 5.15. The Morgan fingerprint density at radius 3 is 2.88 bits per heavy atom. The molecule has 1 atom stereocenters. The van der Waals surface area contributed by atoms with E-state index < -0.39 is 0 Å². The highest BCUT2D eigenvalue weighted by atomic mass is 35.5. The van der Waals surface area contributed by atoms with Gasteiger partial charge < -0.3 is 15.5 Å². The molecule has 0 spiro atoms. The Morgan fingerprint density at radius 1 is 1.41 bits per heavy atom. The fraction of sp³-hybridized carbons (Fsp3) is 0.231. The number of benzene rings is 1. The zero-order chi connectivity index (χ0) is 12.3. The van der Waals surface area contributed by atoms with E-state index in [1.54, 1.807) is 12.3 Å². The van der Waals surface area contributed by atoms with Crippen LogP contribution in [0.3, 0.4) is 0 Å². The standard InChI is InChI=1S/C13H15ClN2O/c1-9(7-11-3-2-6-17-11)16-13-5-4-10(14)8-12(13)15/h2-6,8-9,16H,7,15H2,1H3. The zero-order valence-electron chi connectivity index (χ0n) is 9.61. The summed E-state index contributed by atoms with van der Waals surface area (Å²) in [7, 11) is 0. The molecule has 3 nitrogen and oxygen atoms in total. The first-order chi connectivity index (χ1) is 8.15. The number of nitrogen functional groups attached to an aromatic ring is 1. The minimum absolute atomic E-state index is 0.240. The van der Waals surface area contributed by atoms with E-state index in [4.69, 9.17) is 21.8 Å². The molecule has 1 unspecified atom stereocenters. The molecule has 0 bridgehead atoms. The number of nitrogens with one attached hydrogen (secondary N) is 1. The monoisotopic (exact) mass is 250 g/mol. The van der Waals surface area contributed by atoms with Crippen molar-refractivity contribution in [3.05, 3.63) is 47.4 Å². The molecule has 1 aromatic heterocycles. The van der Waals surface area contributed by atoms with Gasteiger partial charge in [-0.2, -0.15) is 0 Å². The molecule has 0 saturated carbocycles. The van der Waals surface area contributed by atoms with Gasteiger partial charge in [0.1, 0.15) is 5.76 Å². The first-order valence-electron chi connectivity index (χ1n) is 5.49. The average molecular weight is 251 g/mol. The van der Waals surface area contributed by atoms with E-state index in [-0.39, 0.29) is 6.04 Å². The van der Waals surface area contributed by atoms with E-state index in [1.165, 1.54) is 0 Å². The zero-order valence-corrected chi connectivity index (χ0v) is 10.4. The molecule has 0 aliphatic heterocycles. The van der Waals surface area contributed by atoms with Gasteiger partial charge in [0.05, 0.1) is 17.6 Å². The molecule has 0 radical (unpaired) electrons. The molecule has 0 aliphatic rings. The van der Waals surface area contributed by atoms with E-state index in [1.807, 2.05) is 24.3 Å². The van der Waals surface area contributed by atoms with Crippen molar-refractivity contribution in [2.75, 3.05) is 11.1 Å². The summed E-state index contributed by atoms with van der Waals surface area (Å²) in [6.45, 7) is 2.08. The van der Waals surface area contributed by atoms with Crippen molar-refractivity contribution in [3.63, 3.8) is 0 Å². The molecule has 0 fully saturated rings. The van der Waals surface area contributed by atoms with Crippen LogP contribution in [-0.2, 0) is 6.42 Å². The molecule has 90 valence electrons. The Bertz CT molecular complexity index is 482. The van der Waals surface area contributed by atoms with Crippen molar-refractivity contribution in [2.45, 2.75) is 19.4 Å². The van der Waals surface area contributed by atoms with E-state index in [0.29, 0.717) is 10.7 Å². The number of hydrogen-bond acceptors (Lipinski definition) is 3. The molecule has 1 aromatic carbocycles. The lowest BCUT2D eigenvalue weighted by Crippen LogP contribution is -2.18. The maximum atomic E-state index is 5.87. The summed E-state index contributed by atoms with van der Waals surface area (Å²) in [5.74, 6) is 0.956. The maximum Gasteiger partial charge on any atom is 0.105 e. The third-order valence-electron chi connectivity index (χ3n) is 2.50. The summed E-state index contributed by atoms with van der Waals surface area (Å²) in [5.41, 5.74) is 7.43. The quantitative estimate of drug-likeness (QED) is 0.816. The first-order valence-corrected chi connectivity index (χ1v) is 5.87. The minimum Gasteiger partial charge on any atom is -0.469 e. The Labute approximate surface area is 106 Å². The van der Waals surface area contributed by atoms with Gasteiger partial charge in [0.25, 0.3) is 0 Å². The van der Waals surface area contributed by atoms with Crippen molar-refractivity contribution in [1.82, 2.24) is 0 Å². The molecular formula is C13H15ClN2O. The lowest BCUT2D eigenvalue weighted by atomic mass is 10.1.